The average molecular weight is 393 g/mol. The second-order valence-corrected chi connectivity index (χ2v) is 7.22. The Labute approximate surface area is 166 Å². The van der Waals surface area contributed by atoms with Crippen molar-refractivity contribution in [3.63, 3.8) is 0 Å². The minimum Gasteiger partial charge on any atom is -0.497 e. The summed E-state index contributed by atoms with van der Waals surface area (Å²) < 4.78 is 7.06. The highest BCUT2D eigenvalue weighted by atomic mass is 32.2. The van der Waals surface area contributed by atoms with Crippen LogP contribution in [0, 0.1) is 0 Å². The van der Waals surface area contributed by atoms with Crippen LogP contribution in [0.25, 0.3) is 23.0 Å². The molecule has 0 atom stereocenters. The van der Waals surface area contributed by atoms with Crippen molar-refractivity contribution in [3.05, 3.63) is 71.3 Å². The van der Waals surface area contributed by atoms with Gasteiger partial charge in [-0.05, 0) is 54.2 Å². The van der Waals surface area contributed by atoms with E-state index in [2.05, 4.69) is 5.32 Å². The normalized spacial score (nSPS) is 15.2. The van der Waals surface area contributed by atoms with Gasteiger partial charge in [0.05, 0.1) is 23.4 Å². The molecule has 5 nitrogen and oxygen atoms in total. The van der Waals surface area contributed by atoms with Crippen molar-refractivity contribution in [3.8, 4) is 22.7 Å². The van der Waals surface area contributed by atoms with E-state index in [0.717, 1.165) is 44.9 Å². The van der Waals surface area contributed by atoms with Crippen LogP contribution in [0.15, 0.2) is 65.7 Å². The number of amides is 1. The van der Waals surface area contributed by atoms with E-state index in [1.807, 2.05) is 71.6 Å². The van der Waals surface area contributed by atoms with Gasteiger partial charge in [-0.25, -0.2) is 4.68 Å². The van der Waals surface area contributed by atoms with Crippen molar-refractivity contribution in [2.75, 3.05) is 7.11 Å². The fraction of sp³-hybridized carbons (Fsp3) is 0.0500. The molecule has 1 amide bonds. The molecule has 0 bridgehead atoms. The second kappa shape index (κ2) is 7.38. The van der Waals surface area contributed by atoms with Gasteiger partial charge in [0, 0.05) is 17.3 Å². The topological polar surface area (TPSA) is 56.2 Å². The molecule has 1 aliphatic rings. The van der Waals surface area contributed by atoms with E-state index in [1.165, 1.54) is 0 Å². The Balaban J connectivity index is 1.82. The van der Waals surface area contributed by atoms with Gasteiger partial charge in [0.2, 0.25) is 0 Å². The average Bonchev–Trinajstić information content (AvgIpc) is 3.25. The number of hydrogen-bond acceptors (Lipinski definition) is 5. The van der Waals surface area contributed by atoms with Gasteiger partial charge in [0.25, 0.3) is 5.24 Å². The summed E-state index contributed by atoms with van der Waals surface area (Å²) in [5, 5.41) is 7.25. The molecule has 2 aromatic carbocycles. The minimum atomic E-state index is -0.160. The minimum absolute atomic E-state index is 0.160. The molecule has 1 N–H and O–H groups in total. The van der Waals surface area contributed by atoms with Crippen LogP contribution >= 0.6 is 24.0 Å². The van der Waals surface area contributed by atoms with Gasteiger partial charge in [-0.1, -0.05) is 30.4 Å². The Bertz CT molecular complexity index is 1040. The smallest absolute Gasteiger partial charge is 0.289 e. The predicted molar refractivity (Wildman–Crippen MR) is 112 cm³/mol. The van der Waals surface area contributed by atoms with Crippen molar-refractivity contribution in [2.45, 2.75) is 0 Å². The van der Waals surface area contributed by atoms with E-state index >= 15 is 0 Å². The SMILES string of the molecule is COc1ccc(-c2nn(-c3ccccc3)cc2/C=C2\SC(=O)NC2=S)cc1. The largest absolute Gasteiger partial charge is 0.497 e. The highest BCUT2D eigenvalue weighted by molar-refractivity contribution is 8.19. The van der Waals surface area contributed by atoms with Crippen LogP contribution in [0.2, 0.25) is 0 Å². The van der Waals surface area contributed by atoms with Crippen LogP contribution in [0.5, 0.6) is 5.75 Å². The molecule has 7 heteroatoms. The second-order valence-electron chi connectivity index (χ2n) is 5.79. The quantitative estimate of drug-likeness (QED) is 0.516. The lowest BCUT2D eigenvalue weighted by Crippen LogP contribution is -2.15. The molecule has 2 heterocycles. The Hall–Kier alpha value is -2.90. The van der Waals surface area contributed by atoms with Crippen molar-refractivity contribution < 1.29 is 9.53 Å². The lowest BCUT2D eigenvalue weighted by Gasteiger charge is -2.03. The first-order valence-corrected chi connectivity index (χ1v) is 9.41. The maximum absolute atomic E-state index is 11.6. The lowest BCUT2D eigenvalue weighted by atomic mass is 10.1. The standard InChI is InChI=1S/C20H15N3O2S2/c1-25-16-9-7-13(8-10-16)18-14(11-17-19(26)21-20(24)27-17)12-23(22-18)15-5-3-2-4-6-15/h2-12H,1H3,(H,21,24,26)/b17-11-. The Kier molecular flexibility index (Phi) is 4.79. The molecule has 0 radical (unpaired) electrons. The number of rotatable bonds is 4. The van der Waals surface area contributed by atoms with E-state index in [0.29, 0.717) is 4.99 Å². The maximum atomic E-state index is 11.6. The Morgan fingerprint density at radius 3 is 2.52 bits per heavy atom. The zero-order chi connectivity index (χ0) is 18.8. The molecule has 27 heavy (non-hydrogen) atoms. The molecular weight excluding hydrogens is 378 g/mol. The molecule has 1 fully saturated rings. The van der Waals surface area contributed by atoms with E-state index < -0.39 is 0 Å². The summed E-state index contributed by atoms with van der Waals surface area (Å²) in [7, 11) is 1.64. The van der Waals surface area contributed by atoms with Gasteiger partial charge in [-0.2, -0.15) is 5.10 Å². The number of carbonyl (C=O) groups is 1. The molecule has 1 aliphatic heterocycles. The summed E-state index contributed by atoms with van der Waals surface area (Å²) in [5.74, 6) is 0.781. The number of thiocarbonyl (C=S) groups is 1. The van der Waals surface area contributed by atoms with Crippen molar-refractivity contribution in [1.29, 1.82) is 0 Å². The number of benzene rings is 2. The molecule has 0 aliphatic carbocycles. The summed E-state index contributed by atoms with van der Waals surface area (Å²) in [6.07, 6.45) is 3.84. The van der Waals surface area contributed by atoms with E-state index in [-0.39, 0.29) is 5.24 Å². The van der Waals surface area contributed by atoms with Crippen molar-refractivity contribution >= 4 is 40.3 Å². The molecule has 0 spiro atoms. The van der Waals surface area contributed by atoms with Gasteiger partial charge in [0.15, 0.2) is 0 Å². The molecule has 1 saturated heterocycles. The molecule has 4 rings (SSSR count). The third-order valence-electron chi connectivity index (χ3n) is 4.06. The highest BCUT2D eigenvalue weighted by Crippen LogP contribution is 2.31. The Morgan fingerprint density at radius 2 is 1.89 bits per heavy atom. The zero-order valence-electron chi connectivity index (χ0n) is 14.4. The number of carbonyl (C=O) groups excluding carboxylic acids is 1. The van der Waals surface area contributed by atoms with E-state index in [9.17, 15) is 4.79 Å². The van der Waals surface area contributed by atoms with Crippen molar-refractivity contribution in [1.82, 2.24) is 15.1 Å². The van der Waals surface area contributed by atoms with E-state index in [1.54, 1.807) is 7.11 Å². The first-order chi connectivity index (χ1) is 13.1. The number of ether oxygens (including phenoxy) is 1. The third-order valence-corrected chi connectivity index (χ3v) is 5.34. The summed E-state index contributed by atoms with van der Waals surface area (Å²) in [6.45, 7) is 0. The number of aromatic nitrogens is 2. The van der Waals surface area contributed by atoms with Gasteiger partial charge >= 0.3 is 0 Å². The number of para-hydroxylation sites is 1. The fourth-order valence-corrected chi connectivity index (χ4v) is 3.77. The Morgan fingerprint density at radius 1 is 1.15 bits per heavy atom. The third kappa shape index (κ3) is 3.65. The lowest BCUT2D eigenvalue weighted by molar-refractivity contribution is 0.265. The summed E-state index contributed by atoms with van der Waals surface area (Å²) in [4.78, 5) is 12.8. The first-order valence-electron chi connectivity index (χ1n) is 8.18. The van der Waals surface area contributed by atoms with E-state index in [4.69, 9.17) is 22.1 Å². The maximum Gasteiger partial charge on any atom is 0.289 e. The summed E-state index contributed by atoms with van der Waals surface area (Å²) in [6, 6.07) is 17.6. The number of nitrogens with one attached hydrogen (secondary N) is 1. The fourth-order valence-electron chi connectivity index (χ4n) is 2.74. The molecule has 134 valence electrons. The molecule has 0 saturated carbocycles. The van der Waals surface area contributed by atoms with Crippen LogP contribution in [-0.2, 0) is 0 Å². The summed E-state index contributed by atoms with van der Waals surface area (Å²) in [5.41, 5.74) is 3.58. The molecule has 1 aromatic heterocycles. The summed E-state index contributed by atoms with van der Waals surface area (Å²) >= 11 is 6.34. The zero-order valence-corrected chi connectivity index (χ0v) is 16.0. The first kappa shape index (κ1) is 17.5. The molecular formula is C20H15N3O2S2. The van der Waals surface area contributed by atoms with Gasteiger partial charge in [-0.3, -0.25) is 4.79 Å². The highest BCUT2D eigenvalue weighted by Gasteiger charge is 2.23. The van der Waals surface area contributed by atoms with Crippen LogP contribution in [-0.4, -0.2) is 27.1 Å². The van der Waals surface area contributed by atoms with Gasteiger partial charge < -0.3 is 10.1 Å². The van der Waals surface area contributed by atoms with Crippen LogP contribution in [0.1, 0.15) is 5.56 Å². The van der Waals surface area contributed by atoms with Crippen LogP contribution < -0.4 is 10.1 Å². The monoisotopic (exact) mass is 393 g/mol. The number of methoxy groups -OCH3 is 1. The predicted octanol–water partition coefficient (Wildman–Crippen LogP) is 4.67. The molecule has 0 unspecified atom stereocenters. The van der Waals surface area contributed by atoms with Crippen molar-refractivity contribution in [2.24, 2.45) is 0 Å². The van der Waals surface area contributed by atoms with Gasteiger partial charge in [0.1, 0.15) is 10.7 Å². The van der Waals surface area contributed by atoms with Crippen LogP contribution in [0.4, 0.5) is 4.79 Å². The molecule has 3 aromatic rings. The van der Waals surface area contributed by atoms with Crippen LogP contribution in [0.3, 0.4) is 0 Å². The number of nitrogens with zero attached hydrogens (tertiary/aromatic N) is 2. The van der Waals surface area contributed by atoms with Gasteiger partial charge in [-0.15, -0.1) is 0 Å². The number of thioether (sulfide) groups is 1. The number of hydrogen-bond donors (Lipinski definition) is 1.